The molecule has 4 heteroatoms. The highest BCUT2D eigenvalue weighted by molar-refractivity contribution is 7.15. The van der Waals surface area contributed by atoms with E-state index in [-0.39, 0.29) is 0 Å². The maximum Gasteiger partial charge on any atom is 0.193 e. The zero-order chi connectivity index (χ0) is 11.5. The molecule has 2 aromatic heterocycles. The number of hydrogen-bond acceptors (Lipinski definition) is 3. The standard InChI is InChI=1S/C12H19N3S/c1-4-9(2)11(13-3)7-10-8-15-5-6-16-12(15)14-10/h5-6,8-9,11,13H,4,7H2,1-3H3. The monoisotopic (exact) mass is 237 g/mol. The van der Waals surface area contributed by atoms with Crippen molar-refractivity contribution < 1.29 is 0 Å². The molecule has 0 aliphatic heterocycles. The van der Waals surface area contributed by atoms with Crippen molar-refractivity contribution >= 4 is 16.3 Å². The second kappa shape index (κ2) is 4.97. The molecule has 1 N–H and O–H groups in total. The number of likely N-dealkylation sites (N-methyl/N-ethyl adjacent to an activating group) is 1. The summed E-state index contributed by atoms with van der Waals surface area (Å²) in [4.78, 5) is 5.71. The van der Waals surface area contributed by atoms with Crippen molar-refractivity contribution in [3.8, 4) is 0 Å². The van der Waals surface area contributed by atoms with Gasteiger partial charge in [-0.2, -0.15) is 0 Å². The SMILES string of the molecule is CCC(C)C(Cc1cn2ccsc2n1)NC. The molecule has 2 aromatic rings. The van der Waals surface area contributed by atoms with Crippen LogP contribution in [0.5, 0.6) is 0 Å². The minimum Gasteiger partial charge on any atom is -0.316 e. The number of rotatable bonds is 5. The fourth-order valence-corrected chi connectivity index (χ4v) is 2.69. The van der Waals surface area contributed by atoms with Gasteiger partial charge in [-0.1, -0.05) is 20.3 Å². The zero-order valence-corrected chi connectivity index (χ0v) is 10.9. The maximum atomic E-state index is 4.62. The van der Waals surface area contributed by atoms with Gasteiger partial charge in [0.05, 0.1) is 5.69 Å². The summed E-state index contributed by atoms with van der Waals surface area (Å²) >= 11 is 1.69. The van der Waals surface area contributed by atoms with E-state index in [9.17, 15) is 0 Å². The fraction of sp³-hybridized carbons (Fsp3) is 0.583. The molecule has 0 aromatic carbocycles. The highest BCUT2D eigenvalue weighted by atomic mass is 32.1. The van der Waals surface area contributed by atoms with Gasteiger partial charge in [0.15, 0.2) is 4.96 Å². The van der Waals surface area contributed by atoms with Crippen LogP contribution in [-0.4, -0.2) is 22.5 Å². The predicted molar refractivity (Wildman–Crippen MR) is 69.1 cm³/mol. The third-order valence-corrected chi connectivity index (χ3v) is 4.04. The average molecular weight is 237 g/mol. The lowest BCUT2D eigenvalue weighted by molar-refractivity contribution is 0.384. The van der Waals surface area contributed by atoms with Crippen LogP contribution in [0.3, 0.4) is 0 Å². The lowest BCUT2D eigenvalue weighted by Gasteiger charge is -2.21. The van der Waals surface area contributed by atoms with Gasteiger partial charge in [0.2, 0.25) is 0 Å². The number of nitrogens with zero attached hydrogens (tertiary/aromatic N) is 2. The van der Waals surface area contributed by atoms with Gasteiger partial charge < -0.3 is 5.32 Å². The number of imidazole rings is 1. The van der Waals surface area contributed by atoms with Crippen LogP contribution in [0.4, 0.5) is 0 Å². The summed E-state index contributed by atoms with van der Waals surface area (Å²) < 4.78 is 2.10. The Morgan fingerprint density at radius 2 is 2.38 bits per heavy atom. The first-order valence-corrected chi connectivity index (χ1v) is 6.71. The van der Waals surface area contributed by atoms with Crippen LogP contribution in [0.2, 0.25) is 0 Å². The van der Waals surface area contributed by atoms with Crippen LogP contribution in [0.15, 0.2) is 17.8 Å². The van der Waals surface area contributed by atoms with Crippen molar-refractivity contribution in [2.45, 2.75) is 32.7 Å². The molecule has 0 fully saturated rings. The lowest BCUT2D eigenvalue weighted by Crippen LogP contribution is -2.33. The van der Waals surface area contributed by atoms with Gasteiger partial charge in [0.25, 0.3) is 0 Å². The van der Waals surface area contributed by atoms with Crippen LogP contribution in [0, 0.1) is 5.92 Å². The van der Waals surface area contributed by atoms with Crippen LogP contribution in [0.1, 0.15) is 26.0 Å². The molecular weight excluding hydrogens is 218 g/mol. The van der Waals surface area contributed by atoms with Crippen molar-refractivity contribution in [3.63, 3.8) is 0 Å². The number of thiazole rings is 1. The molecule has 88 valence electrons. The van der Waals surface area contributed by atoms with E-state index in [0.29, 0.717) is 12.0 Å². The molecule has 0 spiro atoms. The maximum absolute atomic E-state index is 4.62. The topological polar surface area (TPSA) is 29.3 Å². The molecule has 2 unspecified atom stereocenters. The lowest BCUT2D eigenvalue weighted by atomic mass is 9.95. The third kappa shape index (κ3) is 2.28. The number of fused-ring (bicyclic) bond motifs is 1. The summed E-state index contributed by atoms with van der Waals surface area (Å²) in [5, 5.41) is 5.46. The van der Waals surface area contributed by atoms with Crippen LogP contribution in [-0.2, 0) is 6.42 Å². The van der Waals surface area contributed by atoms with E-state index in [0.717, 1.165) is 11.4 Å². The van der Waals surface area contributed by atoms with E-state index >= 15 is 0 Å². The molecule has 0 aliphatic carbocycles. The van der Waals surface area contributed by atoms with Crippen LogP contribution >= 0.6 is 11.3 Å². The molecular formula is C12H19N3S. The number of nitrogens with one attached hydrogen (secondary N) is 1. The van der Waals surface area contributed by atoms with Crippen LogP contribution in [0.25, 0.3) is 4.96 Å². The molecule has 0 saturated carbocycles. The van der Waals surface area contributed by atoms with Gasteiger partial charge in [-0.25, -0.2) is 4.98 Å². The highest BCUT2D eigenvalue weighted by Crippen LogP contribution is 2.16. The Morgan fingerprint density at radius 1 is 1.56 bits per heavy atom. The van der Waals surface area contributed by atoms with E-state index in [1.54, 1.807) is 11.3 Å². The minimum atomic E-state index is 0.523. The second-order valence-electron chi connectivity index (χ2n) is 4.31. The molecule has 0 saturated heterocycles. The molecule has 0 radical (unpaired) electrons. The number of hydrogen-bond donors (Lipinski definition) is 1. The van der Waals surface area contributed by atoms with Gasteiger partial charge in [0, 0.05) is 30.2 Å². The van der Waals surface area contributed by atoms with Gasteiger partial charge in [-0.3, -0.25) is 4.40 Å². The minimum absolute atomic E-state index is 0.523. The van der Waals surface area contributed by atoms with E-state index in [1.165, 1.54) is 12.1 Å². The van der Waals surface area contributed by atoms with Crippen molar-refractivity contribution in [2.24, 2.45) is 5.92 Å². The van der Waals surface area contributed by atoms with Gasteiger partial charge >= 0.3 is 0 Å². The Hall–Kier alpha value is -0.870. The van der Waals surface area contributed by atoms with Gasteiger partial charge in [-0.15, -0.1) is 11.3 Å². The summed E-state index contributed by atoms with van der Waals surface area (Å²) in [6.07, 6.45) is 6.42. The van der Waals surface area contributed by atoms with Crippen LogP contribution < -0.4 is 5.32 Å². The van der Waals surface area contributed by atoms with E-state index in [1.807, 2.05) is 7.05 Å². The Kier molecular flexibility index (Phi) is 3.61. The molecule has 0 bridgehead atoms. The Balaban J connectivity index is 2.10. The first-order chi connectivity index (χ1) is 7.74. The molecule has 16 heavy (non-hydrogen) atoms. The van der Waals surface area contributed by atoms with E-state index in [2.05, 4.69) is 46.3 Å². The first kappa shape index (κ1) is 11.6. The van der Waals surface area contributed by atoms with Crippen molar-refractivity contribution in [2.75, 3.05) is 7.05 Å². The zero-order valence-electron chi connectivity index (χ0n) is 10.1. The predicted octanol–water partition coefficient (Wildman–Crippen LogP) is 2.57. The largest absolute Gasteiger partial charge is 0.316 e. The second-order valence-corrected chi connectivity index (χ2v) is 5.18. The summed E-state index contributed by atoms with van der Waals surface area (Å²) in [5.41, 5.74) is 1.19. The third-order valence-electron chi connectivity index (χ3n) is 3.27. The quantitative estimate of drug-likeness (QED) is 0.866. The summed E-state index contributed by atoms with van der Waals surface area (Å²) in [6.45, 7) is 4.53. The Labute approximate surface area is 101 Å². The molecule has 0 amide bonds. The van der Waals surface area contributed by atoms with E-state index in [4.69, 9.17) is 0 Å². The highest BCUT2D eigenvalue weighted by Gasteiger charge is 2.15. The first-order valence-electron chi connectivity index (χ1n) is 5.83. The molecule has 2 rings (SSSR count). The Morgan fingerprint density at radius 3 is 3.00 bits per heavy atom. The van der Waals surface area contributed by atoms with Crippen molar-refractivity contribution in [3.05, 3.63) is 23.5 Å². The number of aromatic nitrogens is 2. The van der Waals surface area contributed by atoms with Crippen molar-refractivity contribution in [1.82, 2.24) is 14.7 Å². The fourth-order valence-electron chi connectivity index (χ4n) is 1.97. The molecule has 2 heterocycles. The molecule has 2 atom stereocenters. The molecule has 0 aliphatic rings. The normalized spacial score (nSPS) is 15.4. The van der Waals surface area contributed by atoms with Gasteiger partial charge in [-0.05, 0) is 13.0 Å². The summed E-state index contributed by atoms with van der Waals surface area (Å²) in [7, 11) is 2.04. The van der Waals surface area contributed by atoms with E-state index < -0.39 is 0 Å². The summed E-state index contributed by atoms with van der Waals surface area (Å²) in [6, 6.07) is 0.523. The van der Waals surface area contributed by atoms with Crippen molar-refractivity contribution in [1.29, 1.82) is 0 Å². The summed E-state index contributed by atoms with van der Waals surface area (Å²) in [5.74, 6) is 0.685. The van der Waals surface area contributed by atoms with Gasteiger partial charge in [0.1, 0.15) is 0 Å². The molecule has 3 nitrogen and oxygen atoms in total. The average Bonchev–Trinajstić information content (AvgIpc) is 2.84. The Bertz CT molecular complexity index is 417. The smallest absolute Gasteiger partial charge is 0.193 e.